The van der Waals surface area contributed by atoms with Crippen molar-refractivity contribution in [2.24, 2.45) is 0 Å². The lowest BCUT2D eigenvalue weighted by Gasteiger charge is -2.29. The summed E-state index contributed by atoms with van der Waals surface area (Å²) >= 11 is 0. The van der Waals surface area contributed by atoms with Crippen LogP contribution >= 0.6 is 0 Å². The molecule has 1 aromatic carbocycles. The molecule has 1 fully saturated rings. The predicted molar refractivity (Wildman–Crippen MR) is 132 cm³/mol. The fourth-order valence-electron chi connectivity index (χ4n) is 3.77. The summed E-state index contributed by atoms with van der Waals surface area (Å²) in [4.78, 5) is 12.8. The fraction of sp³-hybridized carbons (Fsp3) is 0.333. The molecule has 0 spiro atoms. The SMILES string of the molecule is COc1ncc(N2CCOCC2)cc1S(=O)(=O)Nc1ccnc(-c2ccc(CN(C)C)cc2)c1. The topological polar surface area (TPSA) is 96.9 Å². The lowest BCUT2D eigenvalue weighted by molar-refractivity contribution is 0.122. The molecule has 2 aromatic heterocycles. The molecule has 1 saturated heterocycles. The maximum absolute atomic E-state index is 13.3. The number of pyridine rings is 2. The monoisotopic (exact) mass is 483 g/mol. The maximum Gasteiger partial charge on any atom is 0.267 e. The fourth-order valence-corrected chi connectivity index (χ4v) is 4.96. The number of aromatic nitrogens is 2. The Morgan fingerprint density at radius 1 is 1.09 bits per heavy atom. The van der Waals surface area contributed by atoms with Gasteiger partial charge in [0.05, 0.1) is 43.6 Å². The second-order valence-electron chi connectivity index (χ2n) is 8.27. The van der Waals surface area contributed by atoms with E-state index in [-0.39, 0.29) is 10.8 Å². The number of anilines is 2. The lowest BCUT2D eigenvalue weighted by Crippen LogP contribution is -2.36. The van der Waals surface area contributed by atoms with Gasteiger partial charge in [0.25, 0.3) is 10.0 Å². The zero-order valence-electron chi connectivity index (χ0n) is 19.6. The van der Waals surface area contributed by atoms with Crippen molar-refractivity contribution in [2.75, 3.05) is 57.1 Å². The number of benzene rings is 1. The third-order valence-electron chi connectivity index (χ3n) is 5.42. The normalized spacial score (nSPS) is 14.3. The maximum atomic E-state index is 13.3. The van der Waals surface area contributed by atoms with Crippen LogP contribution in [0.5, 0.6) is 5.88 Å². The average Bonchev–Trinajstić information content (AvgIpc) is 2.84. The van der Waals surface area contributed by atoms with Crippen LogP contribution in [0, 0.1) is 0 Å². The van der Waals surface area contributed by atoms with Crippen LogP contribution in [0.1, 0.15) is 5.56 Å². The van der Waals surface area contributed by atoms with Crippen molar-refractivity contribution < 1.29 is 17.9 Å². The molecule has 180 valence electrons. The molecule has 9 nitrogen and oxygen atoms in total. The van der Waals surface area contributed by atoms with Crippen molar-refractivity contribution in [1.29, 1.82) is 0 Å². The number of nitrogens with zero attached hydrogens (tertiary/aromatic N) is 4. The molecule has 0 aliphatic carbocycles. The first-order chi connectivity index (χ1) is 16.4. The molecule has 1 N–H and O–H groups in total. The van der Waals surface area contributed by atoms with Gasteiger partial charge >= 0.3 is 0 Å². The average molecular weight is 484 g/mol. The van der Waals surface area contributed by atoms with E-state index in [0.717, 1.165) is 12.1 Å². The van der Waals surface area contributed by atoms with E-state index >= 15 is 0 Å². The van der Waals surface area contributed by atoms with E-state index in [0.29, 0.717) is 43.4 Å². The van der Waals surface area contributed by atoms with Crippen LogP contribution in [0.2, 0.25) is 0 Å². The standard InChI is InChI=1S/C24H29N5O4S/c1-28(2)17-18-4-6-19(7-5-18)22-14-20(8-9-25-22)27-34(30,31)23-15-21(16-26-24(23)32-3)29-10-12-33-13-11-29/h4-9,14-16H,10-13,17H2,1-3H3,(H,25,27). The molecule has 0 saturated carbocycles. The molecule has 3 aromatic rings. The number of hydrogen-bond donors (Lipinski definition) is 1. The highest BCUT2D eigenvalue weighted by Crippen LogP contribution is 2.29. The Labute approximate surface area is 200 Å². The minimum absolute atomic E-state index is 0.0228. The molecular weight excluding hydrogens is 454 g/mol. The van der Waals surface area contributed by atoms with Gasteiger partial charge in [-0.2, -0.15) is 0 Å². The molecule has 0 atom stereocenters. The summed E-state index contributed by atoms with van der Waals surface area (Å²) in [6.07, 6.45) is 3.20. The van der Waals surface area contributed by atoms with E-state index in [9.17, 15) is 8.42 Å². The molecule has 0 amide bonds. The summed E-state index contributed by atoms with van der Waals surface area (Å²) in [5.74, 6) is 0.0373. The van der Waals surface area contributed by atoms with Crippen molar-refractivity contribution >= 4 is 21.4 Å². The summed E-state index contributed by atoms with van der Waals surface area (Å²) in [5, 5.41) is 0. The second-order valence-corrected chi connectivity index (χ2v) is 9.92. The van der Waals surface area contributed by atoms with Crippen molar-refractivity contribution in [3.8, 4) is 17.1 Å². The van der Waals surface area contributed by atoms with E-state index in [1.165, 1.54) is 12.7 Å². The van der Waals surface area contributed by atoms with Crippen molar-refractivity contribution in [2.45, 2.75) is 11.4 Å². The number of ether oxygens (including phenoxy) is 2. The number of hydrogen-bond acceptors (Lipinski definition) is 8. The number of methoxy groups -OCH3 is 1. The summed E-state index contributed by atoms with van der Waals surface area (Å²) in [7, 11) is 1.48. The predicted octanol–water partition coefficient (Wildman–Crippen LogP) is 2.85. The van der Waals surface area contributed by atoms with E-state index in [1.807, 2.05) is 43.3 Å². The largest absolute Gasteiger partial charge is 0.480 e. The van der Waals surface area contributed by atoms with Crippen LogP contribution < -0.4 is 14.4 Å². The minimum atomic E-state index is -3.97. The highest BCUT2D eigenvalue weighted by atomic mass is 32.2. The van der Waals surface area contributed by atoms with Crippen molar-refractivity contribution in [3.63, 3.8) is 0 Å². The van der Waals surface area contributed by atoms with Gasteiger partial charge in [0.2, 0.25) is 5.88 Å². The zero-order chi connectivity index (χ0) is 24.1. The first-order valence-corrected chi connectivity index (χ1v) is 12.4. The molecule has 34 heavy (non-hydrogen) atoms. The summed E-state index contributed by atoms with van der Waals surface area (Å²) < 4.78 is 39.9. The molecule has 4 rings (SSSR count). The Balaban J connectivity index is 1.59. The van der Waals surface area contributed by atoms with Gasteiger partial charge in [-0.25, -0.2) is 13.4 Å². The number of sulfonamides is 1. The Bertz CT molecular complexity index is 1230. The second kappa shape index (κ2) is 10.4. The molecule has 0 bridgehead atoms. The van der Waals surface area contributed by atoms with Crippen LogP contribution in [0.4, 0.5) is 11.4 Å². The van der Waals surface area contributed by atoms with Crippen molar-refractivity contribution in [1.82, 2.24) is 14.9 Å². The smallest absolute Gasteiger partial charge is 0.267 e. The van der Waals surface area contributed by atoms with Gasteiger partial charge in [-0.3, -0.25) is 9.71 Å². The van der Waals surface area contributed by atoms with Gasteiger partial charge in [-0.05, 0) is 37.9 Å². The van der Waals surface area contributed by atoms with Crippen LogP contribution in [-0.2, 0) is 21.3 Å². The Morgan fingerprint density at radius 2 is 1.82 bits per heavy atom. The van der Waals surface area contributed by atoms with Gasteiger partial charge in [0.1, 0.15) is 0 Å². The van der Waals surface area contributed by atoms with Gasteiger partial charge in [-0.1, -0.05) is 24.3 Å². The summed E-state index contributed by atoms with van der Waals surface area (Å²) in [5.41, 5.74) is 3.87. The molecular formula is C24H29N5O4S. The van der Waals surface area contributed by atoms with Gasteiger partial charge in [0, 0.05) is 31.4 Å². The van der Waals surface area contributed by atoms with E-state index in [4.69, 9.17) is 9.47 Å². The quantitative estimate of drug-likeness (QED) is 0.523. The molecule has 0 unspecified atom stereocenters. The summed E-state index contributed by atoms with van der Waals surface area (Å²) in [6, 6.07) is 13.0. The first kappa shape index (κ1) is 23.9. The third kappa shape index (κ3) is 5.64. The minimum Gasteiger partial charge on any atom is -0.480 e. The van der Waals surface area contributed by atoms with E-state index in [2.05, 4.69) is 19.6 Å². The lowest BCUT2D eigenvalue weighted by atomic mass is 10.1. The molecule has 0 radical (unpaired) electrons. The van der Waals surface area contributed by atoms with Crippen molar-refractivity contribution in [3.05, 3.63) is 60.4 Å². The highest BCUT2D eigenvalue weighted by molar-refractivity contribution is 7.92. The Kier molecular flexibility index (Phi) is 7.30. The van der Waals surface area contributed by atoms with Crippen LogP contribution in [-0.4, -0.2) is 70.8 Å². The van der Waals surface area contributed by atoms with Gasteiger partial charge in [-0.15, -0.1) is 0 Å². The zero-order valence-corrected chi connectivity index (χ0v) is 20.4. The summed E-state index contributed by atoms with van der Waals surface area (Å²) in [6.45, 7) is 3.35. The molecule has 3 heterocycles. The number of nitrogens with one attached hydrogen (secondary N) is 1. The van der Waals surface area contributed by atoms with Gasteiger partial charge in [0.15, 0.2) is 4.90 Å². The molecule has 1 aliphatic rings. The van der Waals surface area contributed by atoms with Gasteiger partial charge < -0.3 is 19.3 Å². The molecule has 10 heteroatoms. The first-order valence-electron chi connectivity index (χ1n) is 11.0. The van der Waals surface area contributed by atoms with Crippen LogP contribution in [0.3, 0.4) is 0 Å². The highest BCUT2D eigenvalue weighted by Gasteiger charge is 2.24. The molecule has 1 aliphatic heterocycles. The third-order valence-corrected chi connectivity index (χ3v) is 6.80. The Morgan fingerprint density at radius 3 is 2.50 bits per heavy atom. The van der Waals surface area contributed by atoms with E-state index < -0.39 is 10.0 Å². The van der Waals surface area contributed by atoms with E-state index in [1.54, 1.807) is 30.6 Å². The number of morpholine rings is 1. The number of rotatable bonds is 8. The Hall–Kier alpha value is -3.21. The van der Waals surface area contributed by atoms with Crippen LogP contribution in [0.15, 0.2) is 59.8 Å². The van der Waals surface area contributed by atoms with Crippen LogP contribution in [0.25, 0.3) is 11.3 Å².